The molecule has 7 N–H and O–H groups in total. The minimum Gasteiger partial charge on any atom is -0.478 e. The van der Waals surface area contributed by atoms with E-state index in [2.05, 4.69) is 10.6 Å². The Morgan fingerprint density at radius 3 is 1.82 bits per heavy atom. The van der Waals surface area contributed by atoms with Crippen molar-refractivity contribution in [2.45, 2.75) is 51.4 Å². The van der Waals surface area contributed by atoms with Crippen molar-refractivity contribution in [1.82, 2.24) is 10.6 Å². The van der Waals surface area contributed by atoms with Crippen LogP contribution in [0, 0.1) is 0 Å². The van der Waals surface area contributed by atoms with Crippen LogP contribution in [0.25, 0.3) is 0 Å². The zero-order valence-corrected chi connectivity index (χ0v) is 37.4. The molecule has 2 aromatic carbocycles. The van der Waals surface area contributed by atoms with Gasteiger partial charge in [0.05, 0.1) is 45.1 Å². The van der Waals surface area contributed by atoms with E-state index in [4.69, 9.17) is 4.55 Å². The number of nitrogens with one attached hydrogen (secondary N) is 2. The Morgan fingerprint density at radius 2 is 1.26 bits per heavy atom. The highest BCUT2D eigenvalue weighted by atomic mass is 32.2. The maximum atomic E-state index is 13.7. The Kier molecular flexibility index (Phi) is 15.2. The topological polar surface area (TPSA) is 319 Å². The van der Waals surface area contributed by atoms with Crippen LogP contribution in [0.4, 0.5) is 11.4 Å². The highest BCUT2D eigenvalue weighted by molar-refractivity contribution is 7.86. The second-order valence-corrected chi connectivity index (χ2v) is 21.8. The minimum atomic E-state index is -4.48. The quantitative estimate of drug-likeness (QED) is 0.0569. The summed E-state index contributed by atoms with van der Waals surface area (Å²) in [7, 11) is -17.6. The van der Waals surface area contributed by atoms with E-state index >= 15 is 0 Å². The lowest BCUT2D eigenvalue weighted by Crippen LogP contribution is -2.34. The molecule has 4 rings (SSSR count). The minimum absolute atomic E-state index is 0.0475. The van der Waals surface area contributed by atoms with Gasteiger partial charge in [-0.05, 0) is 56.2 Å². The molecule has 0 aromatic heterocycles. The molecule has 24 heteroatoms. The smallest absolute Gasteiger partial charge is 0.335 e. The van der Waals surface area contributed by atoms with Gasteiger partial charge < -0.3 is 20.6 Å². The van der Waals surface area contributed by atoms with Gasteiger partial charge in [0.25, 0.3) is 52.3 Å². The number of nitrogens with zero attached hydrogens (tertiary/aromatic N) is 2. The van der Waals surface area contributed by atoms with Crippen molar-refractivity contribution < 1.29 is 75.9 Å². The molecular weight excluding hydrogens is 897 g/mol. The molecule has 2 aliphatic rings. The van der Waals surface area contributed by atoms with Gasteiger partial charge in [0.1, 0.15) is 6.54 Å². The number of rotatable bonds is 20. The van der Waals surface area contributed by atoms with E-state index in [0.29, 0.717) is 28.2 Å². The van der Waals surface area contributed by atoms with Crippen molar-refractivity contribution in [2.75, 3.05) is 54.1 Å². The number of amides is 2. The molecule has 62 heavy (non-hydrogen) atoms. The highest BCUT2D eigenvalue weighted by Gasteiger charge is 2.48. The first-order valence-corrected chi connectivity index (χ1v) is 25.3. The molecule has 0 saturated carbocycles. The van der Waals surface area contributed by atoms with Crippen LogP contribution in [-0.2, 0) is 51.3 Å². The van der Waals surface area contributed by atoms with Crippen LogP contribution in [0.1, 0.15) is 82.7 Å². The number of carboxylic acid groups (broad SMARTS) is 1. The third kappa shape index (κ3) is 12.9. The Hall–Kier alpha value is -4.82. The summed E-state index contributed by atoms with van der Waals surface area (Å²) >= 11 is 0. The molecule has 0 spiro atoms. The summed E-state index contributed by atoms with van der Waals surface area (Å²) in [5, 5.41) is 14.4. The van der Waals surface area contributed by atoms with Crippen molar-refractivity contribution in [3.8, 4) is 0 Å². The summed E-state index contributed by atoms with van der Waals surface area (Å²) in [5.41, 5.74) is 0.927. The van der Waals surface area contributed by atoms with Gasteiger partial charge in [-0.25, -0.2) is 4.79 Å². The van der Waals surface area contributed by atoms with Gasteiger partial charge in [-0.2, -0.15) is 38.2 Å². The highest BCUT2D eigenvalue weighted by Crippen LogP contribution is 2.48. The molecule has 20 nitrogen and oxygen atoms in total. The number of anilines is 1. The summed E-state index contributed by atoms with van der Waals surface area (Å²) < 4.78 is 131. The summed E-state index contributed by atoms with van der Waals surface area (Å²) in [4.78, 5) is 40.7. The lowest BCUT2D eigenvalue weighted by molar-refractivity contribution is -0.437. The number of aromatic carboxylic acids is 1. The largest absolute Gasteiger partial charge is 0.478 e. The van der Waals surface area contributed by atoms with Crippen LogP contribution in [-0.4, -0.2) is 134 Å². The number of allylic oxidation sites excluding steroid dienone is 6. The fraction of sp³-hybridized carbons (Fsp3) is 0.421. The van der Waals surface area contributed by atoms with Gasteiger partial charge >= 0.3 is 5.97 Å². The average Bonchev–Trinajstić information content (AvgIpc) is 3.46. The second kappa shape index (κ2) is 18.9. The zero-order chi connectivity index (χ0) is 46.6. The molecule has 0 saturated heterocycles. The number of hydrogen-bond acceptors (Lipinski definition) is 12. The maximum absolute atomic E-state index is 13.7. The first-order chi connectivity index (χ1) is 28.4. The third-order valence-electron chi connectivity index (χ3n) is 10.2. The van der Waals surface area contributed by atoms with Crippen LogP contribution in [0.2, 0.25) is 0 Å². The van der Waals surface area contributed by atoms with Crippen molar-refractivity contribution in [2.24, 2.45) is 0 Å². The van der Waals surface area contributed by atoms with Gasteiger partial charge in [0.2, 0.25) is 5.69 Å². The van der Waals surface area contributed by atoms with E-state index in [-0.39, 0.29) is 48.3 Å². The molecular formula is C38H49N4O16S4+. The Balaban J connectivity index is 1.82. The molecule has 0 bridgehead atoms. The standard InChI is InChI=1S/C38H48N4O16S4/c1-37(2)28-23-25(36(45)46)12-13-29(28)41(16-8-18-59(47,48)49)31(37)10-6-5-7-11-32-38(3,4)33-27(35(44)40-15-21-62(56,57)58)22-26(34(43)39-14-20-61(53,54)55)24-30(33)42(32)17-9-19-60(50,51)52/h5-7,10-13,22-24H,8-9,14-21H2,1-4H3,(H6-,39,40,43,44,45,46,47,48,49,50,51,52,53,54,55,56,57,58)/p+1. The molecule has 0 radical (unpaired) electrons. The van der Waals surface area contributed by atoms with E-state index < -0.39 is 105 Å². The molecule has 0 aliphatic carbocycles. The maximum Gasteiger partial charge on any atom is 0.335 e. The van der Waals surface area contributed by atoms with Crippen molar-refractivity contribution in [3.63, 3.8) is 0 Å². The number of fused-ring (bicyclic) bond motifs is 2. The number of benzene rings is 2. The van der Waals surface area contributed by atoms with Gasteiger partial charge in [0.15, 0.2) is 5.71 Å². The van der Waals surface area contributed by atoms with Gasteiger partial charge in [-0.1, -0.05) is 32.1 Å². The molecule has 2 aromatic rings. The van der Waals surface area contributed by atoms with Gasteiger partial charge in [0, 0.05) is 60.6 Å². The Bertz CT molecular complexity index is 2720. The predicted octanol–water partition coefficient (Wildman–Crippen LogP) is 2.35. The van der Waals surface area contributed by atoms with E-state index in [9.17, 15) is 66.8 Å². The monoisotopic (exact) mass is 945 g/mol. The van der Waals surface area contributed by atoms with E-state index in [1.807, 2.05) is 18.7 Å². The van der Waals surface area contributed by atoms with Crippen LogP contribution in [0.5, 0.6) is 0 Å². The second-order valence-electron chi connectivity index (χ2n) is 15.6. The normalized spacial score (nSPS) is 16.9. The third-order valence-corrected chi connectivity index (χ3v) is 13.2. The van der Waals surface area contributed by atoms with Crippen LogP contribution in [0.15, 0.2) is 66.4 Å². The van der Waals surface area contributed by atoms with Crippen LogP contribution < -0.4 is 15.5 Å². The fourth-order valence-corrected chi connectivity index (χ4v) is 9.15. The lowest BCUT2D eigenvalue weighted by Gasteiger charge is -2.27. The number of carbonyl (C=O) groups excluding carboxylic acids is 2. The molecule has 2 amide bonds. The van der Waals surface area contributed by atoms with Crippen LogP contribution in [0.3, 0.4) is 0 Å². The predicted molar refractivity (Wildman–Crippen MR) is 229 cm³/mol. The average molecular weight is 946 g/mol. The number of carbonyl (C=O) groups is 3. The SMILES string of the molecule is CC1(C)C(/C=C/C=C/C=C2/N(CCCS(=O)(=O)O)c3ccc(C(=O)O)cc3C2(C)C)=[N+](CCCS(=O)(=O)O)c2cc(C(=O)NCCS(=O)(=O)O)cc(C(=O)NCCS(=O)(=O)O)c21. The fourth-order valence-electron chi connectivity index (χ4n) is 7.44. The molecule has 2 heterocycles. The number of carboxylic acids is 1. The first kappa shape index (κ1) is 49.8. The molecule has 0 fully saturated rings. The van der Waals surface area contributed by atoms with Gasteiger partial charge in [-0.15, -0.1) is 0 Å². The summed E-state index contributed by atoms with van der Waals surface area (Å²) in [6, 6.07) is 7.19. The van der Waals surface area contributed by atoms with Crippen LogP contribution >= 0.6 is 0 Å². The zero-order valence-electron chi connectivity index (χ0n) is 34.1. The lowest BCUT2D eigenvalue weighted by atomic mass is 9.78. The first-order valence-electron chi connectivity index (χ1n) is 18.8. The van der Waals surface area contributed by atoms with Crippen molar-refractivity contribution in [1.29, 1.82) is 0 Å². The summed E-state index contributed by atoms with van der Waals surface area (Å²) in [5.74, 6) is -5.67. The van der Waals surface area contributed by atoms with E-state index in [1.165, 1.54) is 18.2 Å². The molecule has 2 aliphatic heterocycles. The molecule has 0 unspecified atom stereocenters. The number of hydrogen-bond donors (Lipinski definition) is 7. The van der Waals surface area contributed by atoms with Crippen molar-refractivity contribution >= 4 is 75.3 Å². The summed E-state index contributed by atoms with van der Waals surface area (Å²) in [6.07, 6.45) is 8.27. The van der Waals surface area contributed by atoms with Gasteiger partial charge in [-0.3, -0.25) is 27.8 Å². The summed E-state index contributed by atoms with van der Waals surface area (Å²) in [6.45, 7) is 6.25. The molecule has 340 valence electrons. The Morgan fingerprint density at radius 1 is 0.694 bits per heavy atom. The Labute approximate surface area is 360 Å². The molecule has 0 atom stereocenters. The van der Waals surface area contributed by atoms with E-state index in [0.717, 1.165) is 0 Å². The van der Waals surface area contributed by atoms with Crippen molar-refractivity contribution in [3.05, 3.63) is 94.2 Å². The van der Waals surface area contributed by atoms with E-state index in [1.54, 1.807) is 60.9 Å².